The van der Waals surface area contributed by atoms with Gasteiger partial charge in [0.1, 0.15) is 5.75 Å². The molecule has 100 valence electrons. The number of halogens is 1. The van der Waals surface area contributed by atoms with Crippen molar-refractivity contribution in [3.8, 4) is 5.75 Å². The first-order valence-corrected chi connectivity index (χ1v) is 7.29. The van der Waals surface area contributed by atoms with E-state index >= 15 is 0 Å². The molecule has 3 heteroatoms. The zero-order chi connectivity index (χ0) is 12.8. The average Bonchev–Trinajstić information content (AvgIpc) is 2.40. The van der Waals surface area contributed by atoms with Crippen molar-refractivity contribution in [3.05, 3.63) is 28.8 Å². The molecular formula is C15H22ClNO. The number of hydrogen-bond donors (Lipinski definition) is 1. The summed E-state index contributed by atoms with van der Waals surface area (Å²) in [7, 11) is 0. The molecule has 0 saturated carbocycles. The van der Waals surface area contributed by atoms with Gasteiger partial charge in [0.15, 0.2) is 0 Å². The van der Waals surface area contributed by atoms with Crippen molar-refractivity contribution in [1.29, 1.82) is 0 Å². The van der Waals surface area contributed by atoms with E-state index in [2.05, 4.69) is 24.4 Å². The van der Waals surface area contributed by atoms with Crippen LogP contribution in [-0.4, -0.2) is 19.7 Å². The molecule has 1 aliphatic heterocycles. The fourth-order valence-corrected chi connectivity index (χ4v) is 2.59. The van der Waals surface area contributed by atoms with Gasteiger partial charge in [0.2, 0.25) is 0 Å². The van der Waals surface area contributed by atoms with Crippen LogP contribution in [-0.2, 0) is 6.42 Å². The van der Waals surface area contributed by atoms with E-state index < -0.39 is 0 Å². The molecule has 1 fully saturated rings. The number of rotatable bonds is 5. The van der Waals surface area contributed by atoms with E-state index in [-0.39, 0.29) is 0 Å². The molecule has 0 aromatic heterocycles. The molecule has 1 N–H and O–H groups in total. The molecule has 2 nitrogen and oxygen atoms in total. The first-order chi connectivity index (χ1) is 8.79. The Labute approximate surface area is 115 Å². The molecule has 0 spiro atoms. The topological polar surface area (TPSA) is 21.3 Å². The van der Waals surface area contributed by atoms with Gasteiger partial charge in [-0.2, -0.15) is 0 Å². The first-order valence-electron chi connectivity index (χ1n) is 6.91. The minimum absolute atomic E-state index is 0.720. The Morgan fingerprint density at radius 2 is 2.11 bits per heavy atom. The fourth-order valence-electron chi connectivity index (χ4n) is 2.42. The van der Waals surface area contributed by atoms with Gasteiger partial charge < -0.3 is 10.1 Å². The molecule has 0 bridgehead atoms. The van der Waals surface area contributed by atoms with E-state index in [0.717, 1.165) is 49.2 Å². The maximum absolute atomic E-state index is 6.14. The van der Waals surface area contributed by atoms with Crippen LogP contribution in [0.4, 0.5) is 0 Å². The van der Waals surface area contributed by atoms with Crippen molar-refractivity contribution < 1.29 is 4.74 Å². The zero-order valence-electron chi connectivity index (χ0n) is 11.0. The Balaban J connectivity index is 1.99. The van der Waals surface area contributed by atoms with Crippen LogP contribution in [0.5, 0.6) is 5.75 Å². The quantitative estimate of drug-likeness (QED) is 0.879. The molecule has 1 aliphatic rings. The summed E-state index contributed by atoms with van der Waals surface area (Å²) >= 11 is 6.14. The lowest BCUT2D eigenvalue weighted by molar-refractivity contribution is 0.316. The Morgan fingerprint density at radius 3 is 2.83 bits per heavy atom. The first kappa shape index (κ1) is 13.7. The third-order valence-electron chi connectivity index (χ3n) is 3.44. The number of piperidine rings is 1. The third-order valence-corrected chi connectivity index (χ3v) is 3.75. The summed E-state index contributed by atoms with van der Waals surface area (Å²) < 4.78 is 5.67. The lowest BCUT2D eigenvalue weighted by Crippen LogP contribution is -2.28. The van der Waals surface area contributed by atoms with Crippen LogP contribution in [0, 0.1) is 5.92 Å². The van der Waals surface area contributed by atoms with Crippen LogP contribution >= 0.6 is 11.6 Å². The predicted molar refractivity (Wildman–Crippen MR) is 76.5 cm³/mol. The van der Waals surface area contributed by atoms with Crippen molar-refractivity contribution in [2.24, 2.45) is 5.92 Å². The molecule has 1 saturated heterocycles. The molecule has 2 rings (SSSR count). The summed E-state index contributed by atoms with van der Waals surface area (Å²) in [5, 5.41) is 4.12. The van der Waals surface area contributed by atoms with E-state index in [1.165, 1.54) is 18.4 Å². The molecule has 18 heavy (non-hydrogen) atoms. The standard InChI is InChI=1S/C15H22ClNO/c1-2-9-18-15-11-13(3-4-14(15)16)10-12-5-7-17-8-6-12/h3-4,11-12,17H,2,5-10H2,1H3. The predicted octanol–water partition coefficient (Wildman–Crippen LogP) is 3.67. The molecule has 0 atom stereocenters. The van der Waals surface area contributed by atoms with Crippen LogP contribution in [0.3, 0.4) is 0 Å². The zero-order valence-corrected chi connectivity index (χ0v) is 11.8. The minimum Gasteiger partial charge on any atom is -0.492 e. The smallest absolute Gasteiger partial charge is 0.138 e. The van der Waals surface area contributed by atoms with Crippen LogP contribution in [0.1, 0.15) is 31.7 Å². The number of benzene rings is 1. The second-order valence-electron chi connectivity index (χ2n) is 5.01. The SMILES string of the molecule is CCCOc1cc(CC2CCNCC2)ccc1Cl. The normalized spacial score (nSPS) is 16.8. The van der Waals surface area contributed by atoms with E-state index in [4.69, 9.17) is 16.3 Å². The molecular weight excluding hydrogens is 246 g/mol. The van der Waals surface area contributed by atoms with Crippen molar-refractivity contribution in [1.82, 2.24) is 5.32 Å². The van der Waals surface area contributed by atoms with Gasteiger partial charge in [0.25, 0.3) is 0 Å². The second kappa shape index (κ2) is 7.01. The molecule has 1 aromatic carbocycles. The van der Waals surface area contributed by atoms with Crippen LogP contribution in [0.25, 0.3) is 0 Å². The lowest BCUT2D eigenvalue weighted by atomic mass is 9.91. The van der Waals surface area contributed by atoms with Gasteiger partial charge in [-0.25, -0.2) is 0 Å². The summed E-state index contributed by atoms with van der Waals surface area (Å²) in [5.74, 6) is 1.64. The summed E-state index contributed by atoms with van der Waals surface area (Å²) in [4.78, 5) is 0. The second-order valence-corrected chi connectivity index (χ2v) is 5.42. The largest absolute Gasteiger partial charge is 0.492 e. The Morgan fingerprint density at radius 1 is 1.33 bits per heavy atom. The maximum Gasteiger partial charge on any atom is 0.138 e. The molecule has 1 aromatic rings. The van der Waals surface area contributed by atoms with Gasteiger partial charge in [-0.3, -0.25) is 0 Å². The number of ether oxygens (including phenoxy) is 1. The van der Waals surface area contributed by atoms with Crippen LogP contribution in [0.2, 0.25) is 5.02 Å². The Kier molecular flexibility index (Phi) is 5.33. The van der Waals surface area contributed by atoms with Gasteiger partial charge in [0.05, 0.1) is 11.6 Å². The van der Waals surface area contributed by atoms with E-state index in [9.17, 15) is 0 Å². The van der Waals surface area contributed by atoms with E-state index in [1.807, 2.05) is 6.07 Å². The Hall–Kier alpha value is -0.730. The van der Waals surface area contributed by atoms with Crippen molar-refractivity contribution in [3.63, 3.8) is 0 Å². The van der Waals surface area contributed by atoms with Gasteiger partial charge in [-0.05, 0) is 62.4 Å². The monoisotopic (exact) mass is 267 g/mol. The van der Waals surface area contributed by atoms with Crippen molar-refractivity contribution >= 4 is 11.6 Å². The summed E-state index contributed by atoms with van der Waals surface area (Å²) in [6.45, 7) is 5.14. The highest BCUT2D eigenvalue weighted by atomic mass is 35.5. The average molecular weight is 268 g/mol. The van der Waals surface area contributed by atoms with Gasteiger partial charge in [-0.15, -0.1) is 0 Å². The number of hydrogen-bond acceptors (Lipinski definition) is 2. The Bertz CT molecular complexity index is 375. The van der Waals surface area contributed by atoms with Crippen molar-refractivity contribution in [2.45, 2.75) is 32.6 Å². The molecule has 0 radical (unpaired) electrons. The highest BCUT2D eigenvalue weighted by molar-refractivity contribution is 6.32. The summed E-state index contributed by atoms with van der Waals surface area (Å²) in [6.07, 6.45) is 4.69. The van der Waals surface area contributed by atoms with E-state index in [0.29, 0.717) is 0 Å². The van der Waals surface area contributed by atoms with Crippen LogP contribution in [0.15, 0.2) is 18.2 Å². The molecule has 0 unspecified atom stereocenters. The van der Waals surface area contributed by atoms with Crippen LogP contribution < -0.4 is 10.1 Å². The highest BCUT2D eigenvalue weighted by Crippen LogP contribution is 2.28. The molecule has 0 amide bonds. The highest BCUT2D eigenvalue weighted by Gasteiger charge is 2.14. The fraction of sp³-hybridized carbons (Fsp3) is 0.600. The summed E-state index contributed by atoms with van der Waals surface area (Å²) in [6, 6.07) is 6.20. The van der Waals surface area contributed by atoms with E-state index in [1.54, 1.807) is 0 Å². The van der Waals surface area contributed by atoms with Gasteiger partial charge in [-0.1, -0.05) is 24.6 Å². The summed E-state index contributed by atoms with van der Waals surface area (Å²) in [5.41, 5.74) is 1.34. The van der Waals surface area contributed by atoms with Gasteiger partial charge >= 0.3 is 0 Å². The minimum atomic E-state index is 0.720. The molecule has 1 heterocycles. The number of nitrogens with one attached hydrogen (secondary N) is 1. The lowest BCUT2D eigenvalue weighted by Gasteiger charge is -2.22. The van der Waals surface area contributed by atoms with Crippen molar-refractivity contribution in [2.75, 3.05) is 19.7 Å². The maximum atomic E-state index is 6.14. The molecule has 0 aliphatic carbocycles. The van der Waals surface area contributed by atoms with Gasteiger partial charge in [0, 0.05) is 0 Å². The third kappa shape index (κ3) is 3.89.